The highest BCUT2D eigenvalue weighted by molar-refractivity contribution is 7.10. The number of hydrogen-bond donors (Lipinski definition) is 0. The number of aryl methyl sites for hydroxylation is 1. The summed E-state index contributed by atoms with van der Waals surface area (Å²) in [5.41, 5.74) is 1.07. The smallest absolute Gasteiger partial charge is 0.205 e. The van der Waals surface area contributed by atoms with E-state index in [0.29, 0.717) is 0 Å². The molecule has 3 heterocycles. The van der Waals surface area contributed by atoms with Crippen LogP contribution < -0.4 is 9.80 Å². The predicted molar refractivity (Wildman–Crippen MR) is 94.4 cm³/mol. The molecule has 0 aliphatic carbocycles. The van der Waals surface area contributed by atoms with E-state index in [1.54, 1.807) is 0 Å². The monoisotopic (exact) mass is 344 g/mol. The Kier molecular flexibility index (Phi) is 3.92. The van der Waals surface area contributed by atoms with Crippen LogP contribution in [0.25, 0.3) is 11.4 Å². The Morgan fingerprint density at radius 3 is 2.04 bits per heavy atom. The van der Waals surface area contributed by atoms with Crippen LogP contribution in [-0.2, 0) is 0 Å². The molecule has 1 fully saturated rings. The molecule has 0 atom stereocenters. The highest BCUT2D eigenvalue weighted by Gasteiger charge is 2.22. The summed E-state index contributed by atoms with van der Waals surface area (Å²) >= 11 is 2.95. The molecule has 2 aromatic heterocycles. The lowest BCUT2D eigenvalue weighted by molar-refractivity contribution is 0.650. The van der Waals surface area contributed by atoms with Crippen molar-refractivity contribution in [3.8, 4) is 11.4 Å². The third kappa shape index (κ3) is 3.04. The molecule has 0 unspecified atom stereocenters. The van der Waals surface area contributed by atoms with Crippen molar-refractivity contribution in [2.75, 3.05) is 36.0 Å². The number of aromatic nitrogens is 4. The van der Waals surface area contributed by atoms with Gasteiger partial charge in [0.15, 0.2) is 5.82 Å². The summed E-state index contributed by atoms with van der Waals surface area (Å²) in [5, 5.41) is 2.02. The Hall–Kier alpha value is -2.06. The molecule has 1 saturated heterocycles. The van der Waals surface area contributed by atoms with Crippen LogP contribution in [0, 0.1) is 6.92 Å². The van der Waals surface area contributed by atoms with Crippen LogP contribution in [-0.4, -0.2) is 44.9 Å². The zero-order valence-corrected chi connectivity index (χ0v) is 14.3. The van der Waals surface area contributed by atoms with Gasteiger partial charge in [-0.3, -0.25) is 0 Å². The van der Waals surface area contributed by atoms with Gasteiger partial charge in [0.2, 0.25) is 10.3 Å². The third-order valence-electron chi connectivity index (χ3n) is 3.78. The van der Waals surface area contributed by atoms with Gasteiger partial charge in [0.1, 0.15) is 5.82 Å². The maximum atomic E-state index is 4.70. The van der Waals surface area contributed by atoms with Gasteiger partial charge in [-0.05, 0) is 6.92 Å². The van der Waals surface area contributed by atoms with Crippen molar-refractivity contribution in [1.29, 1.82) is 0 Å². The lowest BCUT2D eigenvalue weighted by atomic mass is 10.2. The maximum absolute atomic E-state index is 4.70. The minimum atomic E-state index is 0.813. The van der Waals surface area contributed by atoms with Gasteiger partial charge in [0.05, 0.1) is 0 Å². The molecule has 3 aromatic rings. The van der Waals surface area contributed by atoms with Gasteiger partial charge in [-0.25, -0.2) is 4.98 Å². The number of nitrogens with zero attached hydrogens (tertiary/aromatic N) is 6. The second-order valence-corrected chi connectivity index (χ2v) is 6.83. The summed E-state index contributed by atoms with van der Waals surface area (Å²) in [7, 11) is 0. The van der Waals surface area contributed by atoms with E-state index in [9.17, 15) is 0 Å². The fraction of sp³-hybridized carbons (Fsp3) is 0.333. The van der Waals surface area contributed by atoms with E-state index in [4.69, 9.17) is 4.98 Å². The molecule has 1 aliphatic rings. The highest BCUT2D eigenvalue weighted by atomic mass is 32.1. The first-order valence-electron chi connectivity index (χ1n) is 7.49. The molecule has 4 rings (SSSR count). The Morgan fingerprint density at radius 2 is 1.43 bits per heavy atom. The molecule has 0 amide bonds. The van der Waals surface area contributed by atoms with Crippen LogP contribution >= 0.6 is 23.1 Å². The predicted octanol–water partition coefficient (Wildman–Crippen LogP) is 2.69. The van der Waals surface area contributed by atoms with Crippen molar-refractivity contribution in [2.24, 2.45) is 0 Å². The van der Waals surface area contributed by atoms with Crippen molar-refractivity contribution < 1.29 is 0 Å². The largest absolute Gasteiger partial charge is 0.343 e. The first kappa shape index (κ1) is 14.5. The maximum Gasteiger partial charge on any atom is 0.205 e. The van der Waals surface area contributed by atoms with Gasteiger partial charge in [0.25, 0.3) is 0 Å². The van der Waals surface area contributed by atoms with Gasteiger partial charge in [-0.15, -0.1) is 0 Å². The lowest BCUT2D eigenvalue weighted by Crippen LogP contribution is -2.46. The first-order chi connectivity index (χ1) is 11.3. The SMILES string of the molecule is Cc1nsc(N2CCN(c3nc(-c4ccccc4)ns3)CC2)n1. The summed E-state index contributed by atoms with van der Waals surface area (Å²) in [5.74, 6) is 1.66. The van der Waals surface area contributed by atoms with Crippen molar-refractivity contribution in [3.05, 3.63) is 36.2 Å². The Labute approximate surface area is 142 Å². The molecule has 6 nitrogen and oxygen atoms in total. The summed E-state index contributed by atoms with van der Waals surface area (Å²) in [6.45, 7) is 5.68. The van der Waals surface area contributed by atoms with Crippen LogP contribution in [0.15, 0.2) is 30.3 Å². The van der Waals surface area contributed by atoms with Crippen LogP contribution in [0.3, 0.4) is 0 Å². The van der Waals surface area contributed by atoms with Crippen LogP contribution in [0.1, 0.15) is 5.82 Å². The lowest BCUT2D eigenvalue weighted by Gasteiger charge is -2.33. The second kappa shape index (κ2) is 6.21. The van der Waals surface area contributed by atoms with Crippen molar-refractivity contribution in [3.63, 3.8) is 0 Å². The standard InChI is InChI=1S/C15H16N6S2/c1-11-16-14(22-18-11)20-7-9-21(10-8-20)15-17-13(19-23-15)12-5-3-2-4-6-12/h2-6H,7-10H2,1H3. The fourth-order valence-electron chi connectivity index (χ4n) is 2.55. The second-order valence-electron chi connectivity index (χ2n) is 5.36. The molecule has 0 N–H and O–H groups in total. The third-order valence-corrected chi connectivity index (χ3v) is 5.43. The molecule has 1 aromatic carbocycles. The van der Waals surface area contributed by atoms with Crippen LogP contribution in [0.5, 0.6) is 0 Å². The summed E-state index contributed by atoms with van der Waals surface area (Å²) in [6.07, 6.45) is 0. The van der Waals surface area contributed by atoms with Crippen molar-refractivity contribution >= 4 is 33.3 Å². The molecular formula is C15H16N6S2. The summed E-state index contributed by atoms with van der Waals surface area (Å²) < 4.78 is 8.76. The molecule has 0 bridgehead atoms. The Morgan fingerprint density at radius 1 is 0.826 bits per heavy atom. The van der Waals surface area contributed by atoms with Gasteiger partial charge in [0, 0.05) is 54.8 Å². The van der Waals surface area contributed by atoms with Crippen molar-refractivity contribution in [2.45, 2.75) is 6.92 Å². The van der Waals surface area contributed by atoms with E-state index in [2.05, 4.69) is 23.5 Å². The van der Waals surface area contributed by atoms with E-state index in [1.807, 2.05) is 37.3 Å². The molecule has 1 aliphatic heterocycles. The normalized spacial score (nSPS) is 15.2. The summed E-state index contributed by atoms with van der Waals surface area (Å²) in [4.78, 5) is 13.8. The minimum Gasteiger partial charge on any atom is -0.343 e. The first-order valence-corrected chi connectivity index (χ1v) is 9.03. The quantitative estimate of drug-likeness (QED) is 0.728. The number of piperazine rings is 1. The average Bonchev–Trinajstić information content (AvgIpc) is 3.25. The molecular weight excluding hydrogens is 328 g/mol. The molecule has 0 spiro atoms. The zero-order valence-electron chi connectivity index (χ0n) is 12.7. The van der Waals surface area contributed by atoms with E-state index in [1.165, 1.54) is 23.1 Å². The highest BCUT2D eigenvalue weighted by Crippen LogP contribution is 2.26. The van der Waals surface area contributed by atoms with Gasteiger partial charge >= 0.3 is 0 Å². The van der Waals surface area contributed by atoms with Gasteiger partial charge < -0.3 is 9.80 Å². The van der Waals surface area contributed by atoms with E-state index in [-0.39, 0.29) is 0 Å². The number of hydrogen-bond acceptors (Lipinski definition) is 8. The molecule has 0 saturated carbocycles. The molecule has 0 radical (unpaired) electrons. The van der Waals surface area contributed by atoms with Crippen LogP contribution in [0.4, 0.5) is 10.3 Å². The fourth-order valence-corrected chi connectivity index (χ4v) is 4.02. The molecule has 8 heteroatoms. The van der Waals surface area contributed by atoms with E-state index in [0.717, 1.165) is 53.7 Å². The Balaban J connectivity index is 1.44. The van der Waals surface area contributed by atoms with Gasteiger partial charge in [-0.1, -0.05) is 30.3 Å². The van der Waals surface area contributed by atoms with E-state index >= 15 is 0 Å². The number of benzene rings is 1. The number of rotatable bonds is 3. The van der Waals surface area contributed by atoms with Gasteiger partial charge in [-0.2, -0.15) is 13.7 Å². The van der Waals surface area contributed by atoms with E-state index < -0.39 is 0 Å². The Bertz CT molecular complexity index is 776. The minimum absolute atomic E-state index is 0.813. The average molecular weight is 344 g/mol. The molecule has 23 heavy (non-hydrogen) atoms. The van der Waals surface area contributed by atoms with Crippen LogP contribution in [0.2, 0.25) is 0 Å². The zero-order chi connectivity index (χ0) is 15.6. The topological polar surface area (TPSA) is 58.0 Å². The molecule has 118 valence electrons. The number of anilines is 2. The van der Waals surface area contributed by atoms with Crippen molar-refractivity contribution in [1.82, 2.24) is 18.7 Å². The summed E-state index contributed by atoms with van der Waals surface area (Å²) in [6, 6.07) is 10.1.